The Bertz CT molecular complexity index is 369. The first kappa shape index (κ1) is 12.9. The third-order valence-corrected chi connectivity index (χ3v) is 2.39. The number of hydrogen-bond acceptors (Lipinski definition) is 3. The molecule has 1 aromatic heterocycles. The van der Waals surface area contributed by atoms with Crippen molar-refractivity contribution in [3.8, 4) is 0 Å². The minimum absolute atomic E-state index is 0.100. The lowest BCUT2D eigenvalue weighted by Crippen LogP contribution is -2.34. The average molecular weight is 243 g/mol. The van der Waals surface area contributed by atoms with Gasteiger partial charge < -0.3 is 10.4 Å². The fourth-order valence-electron chi connectivity index (χ4n) is 1.43. The van der Waals surface area contributed by atoms with Gasteiger partial charge in [-0.05, 0) is 26.3 Å². The number of aliphatic hydroxyl groups is 1. The fourth-order valence-corrected chi connectivity index (χ4v) is 1.64. The molecular weight excluding hydrogens is 228 g/mol. The minimum atomic E-state index is -0.441. The number of aromatic nitrogens is 1. The highest BCUT2D eigenvalue weighted by molar-refractivity contribution is 6.33. The maximum absolute atomic E-state index is 11.8. The highest BCUT2D eigenvalue weighted by Crippen LogP contribution is 2.13. The Kier molecular flexibility index (Phi) is 4.71. The molecule has 16 heavy (non-hydrogen) atoms. The Balaban J connectivity index is 2.63. The van der Waals surface area contributed by atoms with Gasteiger partial charge >= 0.3 is 0 Å². The molecule has 2 atom stereocenters. The molecule has 5 heteroatoms. The second kappa shape index (κ2) is 5.82. The summed E-state index contributed by atoms with van der Waals surface area (Å²) in [5.41, 5.74) is 0.397. The molecule has 0 aliphatic carbocycles. The van der Waals surface area contributed by atoms with Crippen molar-refractivity contribution in [2.24, 2.45) is 0 Å². The summed E-state index contributed by atoms with van der Waals surface area (Å²) in [6, 6.07) is 1.46. The van der Waals surface area contributed by atoms with E-state index in [1.807, 2.05) is 6.92 Å². The van der Waals surface area contributed by atoms with Gasteiger partial charge in [-0.1, -0.05) is 11.6 Å². The van der Waals surface area contributed by atoms with Gasteiger partial charge in [0.25, 0.3) is 5.91 Å². The number of amides is 1. The second-order valence-electron chi connectivity index (χ2n) is 3.81. The van der Waals surface area contributed by atoms with Crippen molar-refractivity contribution in [3.05, 3.63) is 29.0 Å². The topological polar surface area (TPSA) is 62.2 Å². The summed E-state index contributed by atoms with van der Waals surface area (Å²) in [5.74, 6) is -0.249. The molecule has 0 radical (unpaired) electrons. The molecule has 0 saturated heterocycles. The molecule has 0 saturated carbocycles. The molecule has 0 spiro atoms. The molecule has 2 unspecified atom stereocenters. The molecule has 1 rings (SSSR count). The van der Waals surface area contributed by atoms with Crippen LogP contribution in [-0.4, -0.2) is 28.1 Å². The Morgan fingerprint density at radius 3 is 2.88 bits per heavy atom. The van der Waals surface area contributed by atoms with Crippen LogP contribution in [0.4, 0.5) is 0 Å². The fraction of sp³-hybridized carbons (Fsp3) is 0.455. The van der Waals surface area contributed by atoms with E-state index in [2.05, 4.69) is 10.3 Å². The van der Waals surface area contributed by atoms with Crippen LogP contribution in [0.25, 0.3) is 0 Å². The van der Waals surface area contributed by atoms with E-state index < -0.39 is 6.10 Å². The molecule has 1 heterocycles. The summed E-state index contributed by atoms with van der Waals surface area (Å²) in [4.78, 5) is 15.6. The summed E-state index contributed by atoms with van der Waals surface area (Å²) in [6.07, 6.45) is 3.01. The van der Waals surface area contributed by atoms with E-state index >= 15 is 0 Å². The van der Waals surface area contributed by atoms with Crippen LogP contribution >= 0.6 is 11.6 Å². The van der Waals surface area contributed by atoms with Crippen LogP contribution in [0.1, 0.15) is 30.6 Å². The number of nitrogens with zero attached hydrogens (tertiary/aromatic N) is 1. The van der Waals surface area contributed by atoms with E-state index in [0.29, 0.717) is 17.0 Å². The van der Waals surface area contributed by atoms with E-state index in [1.165, 1.54) is 12.4 Å². The average Bonchev–Trinajstić information content (AvgIpc) is 2.16. The van der Waals surface area contributed by atoms with Crippen molar-refractivity contribution in [1.82, 2.24) is 10.3 Å². The van der Waals surface area contributed by atoms with Gasteiger partial charge in [0.05, 0.1) is 16.7 Å². The second-order valence-corrected chi connectivity index (χ2v) is 4.22. The maximum Gasteiger partial charge on any atom is 0.253 e. The van der Waals surface area contributed by atoms with E-state index in [4.69, 9.17) is 11.6 Å². The van der Waals surface area contributed by atoms with Gasteiger partial charge in [-0.2, -0.15) is 0 Å². The smallest absolute Gasteiger partial charge is 0.253 e. The normalized spacial score (nSPS) is 14.2. The monoisotopic (exact) mass is 242 g/mol. The SMILES string of the molecule is CC(O)CC(C)NC(=O)c1ccncc1Cl. The van der Waals surface area contributed by atoms with Crippen molar-refractivity contribution in [1.29, 1.82) is 0 Å². The summed E-state index contributed by atoms with van der Waals surface area (Å²) in [5, 5.41) is 12.3. The lowest BCUT2D eigenvalue weighted by Gasteiger charge is -2.15. The van der Waals surface area contributed by atoms with Crippen LogP contribution in [0, 0.1) is 0 Å². The predicted octanol–water partition coefficient (Wildman–Crippen LogP) is 1.62. The molecule has 0 fully saturated rings. The van der Waals surface area contributed by atoms with Crippen molar-refractivity contribution < 1.29 is 9.90 Å². The van der Waals surface area contributed by atoms with Crippen LogP contribution in [0.5, 0.6) is 0 Å². The zero-order valence-corrected chi connectivity index (χ0v) is 10.0. The zero-order valence-electron chi connectivity index (χ0n) is 9.27. The number of pyridine rings is 1. The van der Waals surface area contributed by atoms with E-state index in [9.17, 15) is 9.90 Å². The van der Waals surface area contributed by atoms with E-state index in [1.54, 1.807) is 13.0 Å². The highest BCUT2D eigenvalue weighted by Gasteiger charge is 2.13. The summed E-state index contributed by atoms with van der Waals surface area (Å²) < 4.78 is 0. The first-order valence-corrected chi connectivity index (χ1v) is 5.47. The van der Waals surface area contributed by atoms with Crippen LogP contribution in [-0.2, 0) is 0 Å². The Labute approximate surface area is 99.6 Å². The number of hydrogen-bond donors (Lipinski definition) is 2. The minimum Gasteiger partial charge on any atom is -0.393 e. The molecule has 0 aliphatic heterocycles. The zero-order chi connectivity index (χ0) is 12.1. The Morgan fingerprint density at radius 1 is 1.62 bits per heavy atom. The van der Waals surface area contributed by atoms with Gasteiger partial charge in [-0.25, -0.2) is 0 Å². The third-order valence-electron chi connectivity index (χ3n) is 2.09. The van der Waals surface area contributed by atoms with Crippen LogP contribution in [0.15, 0.2) is 18.5 Å². The number of nitrogens with one attached hydrogen (secondary N) is 1. The predicted molar refractivity (Wildman–Crippen MR) is 62.5 cm³/mol. The standard InChI is InChI=1S/C11H15ClN2O2/c1-7(5-8(2)15)14-11(16)9-3-4-13-6-10(9)12/h3-4,6-8,15H,5H2,1-2H3,(H,14,16). The van der Waals surface area contributed by atoms with Crippen molar-refractivity contribution in [3.63, 3.8) is 0 Å². The molecule has 1 aromatic rings. The summed E-state index contributed by atoms with van der Waals surface area (Å²) in [6.45, 7) is 3.52. The molecule has 2 N–H and O–H groups in total. The summed E-state index contributed by atoms with van der Waals surface area (Å²) in [7, 11) is 0. The molecule has 0 aromatic carbocycles. The van der Waals surface area contributed by atoms with E-state index in [0.717, 1.165) is 0 Å². The van der Waals surface area contributed by atoms with Crippen molar-refractivity contribution in [2.75, 3.05) is 0 Å². The Morgan fingerprint density at radius 2 is 2.31 bits per heavy atom. The van der Waals surface area contributed by atoms with Gasteiger partial charge in [0.2, 0.25) is 0 Å². The van der Waals surface area contributed by atoms with Gasteiger partial charge in [-0.3, -0.25) is 9.78 Å². The van der Waals surface area contributed by atoms with E-state index in [-0.39, 0.29) is 11.9 Å². The van der Waals surface area contributed by atoms with Gasteiger partial charge in [0.15, 0.2) is 0 Å². The molecule has 1 amide bonds. The van der Waals surface area contributed by atoms with Crippen LogP contribution < -0.4 is 5.32 Å². The maximum atomic E-state index is 11.8. The van der Waals surface area contributed by atoms with Crippen LogP contribution in [0.2, 0.25) is 5.02 Å². The third kappa shape index (κ3) is 3.79. The molecule has 0 bridgehead atoms. The van der Waals surface area contributed by atoms with Gasteiger partial charge in [0.1, 0.15) is 0 Å². The first-order chi connectivity index (χ1) is 7.50. The molecular formula is C11H15ClN2O2. The number of carbonyl (C=O) groups is 1. The number of halogens is 1. The number of aliphatic hydroxyl groups excluding tert-OH is 1. The Hall–Kier alpha value is -1.13. The highest BCUT2D eigenvalue weighted by atomic mass is 35.5. The lowest BCUT2D eigenvalue weighted by atomic mass is 10.1. The van der Waals surface area contributed by atoms with Gasteiger partial charge in [0, 0.05) is 18.4 Å². The van der Waals surface area contributed by atoms with Crippen LogP contribution in [0.3, 0.4) is 0 Å². The number of rotatable bonds is 4. The van der Waals surface area contributed by atoms with Crippen molar-refractivity contribution >= 4 is 17.5 Å². The van der Waals surface area contributed by atoms with Crippen molar-refractivity contribution in [2.45, 2.75) is 32.4 Å². The first-order valence-electron chi connectivity index (χ1n) is 5.09. The van der Waals surface area contributed by atoms with Gasteiger partial charge in [-0.15, -0.1) is 0 Å². The molecule has 0 aliphatic rings. The molecule has 88 valence electrons. The number of carbonyl (C=O) groups excluding carboxylic acids is 1. The molecule has 4 nitrogen and oxygen atoms in total. The lowest BCUT2D eigenvalue weighted by molar-refractivity contribution is 0.0923. The quantitative estimate of drug-likeness (QED) is 0.844. The largest absolute Gasteiger partial charge is 0.393 e. The summed E-state index contributed by atoms with van der Waals surface area (Å²) >= 11 is 5.84.